The molecule has 0 bridgehead atoms. The zero-order valence-corrected chi connectivity index (χ0v) is 19.3. The standard InChI is InChI=1S/C28H35NO3/c1-23(2)28(30)32-21-11-9-7-5-3-4-6-8-10-20-31-27-18-16-26(17-19-27)25-14-12-24(22-29)13-15-25/h12-19H,1,3-11,20-21H2,2H3. The van der Waals surface area contributed by atoms with Crippen LogP contribution in [-0.2, 0) is 9.53 Å². The van der Waals surface area contributed by atoms with Gasteiger partial charge in [0.1, 0.15) is 5.75 Å². The molecule has 0 unspecified atom stereocenters. The maximum Gasteiger partial charge on any atom is 0.333 e. The van der Waals surface area contributed by atoms with E-state index in [1.807, 2.05) is 36.4 Å². The van der Waals surface area contributed by atoms with Crippen molar-refractivity contribution < 1.29 is 14.3 Å². The van der Waals surface area contributed by atoms with Crippen LogP contribution in [0.1, 0.15) is 70.3 Å². The fourth-order valence-electron chi connectivity index (χ4n) is 3.40. The van der Waals surface area contributed by atoms with E-state index < -0.39 is 0 Å². The number of benzene rings is 2. The highest BCUT2D eigenvalue weighted by molar-refractivity contribution is 5.86. The Hall–Kier alpha value is -3.06. The van der Waals surface area contributed by atoms with Crippen LogP contribution in [0.5, 0.6) is 5.75 Å². The Kier molecular flexibility index (Phi) is 11.7. The summed E-state index contributed by atoms with van der Waals surface area (Å²) in [6.07, 6.45) is 10.5. The molecule has 0 saturated heterocycles. The summed E-state index contributed by atoms with van der Waals surface area (Å²) < 4.78 is 11.0. The lowest BCUT2D eigenvalue weighted by molar-refractivity contribution is -0.139. The average molecular weight is 434 g/mol. The minimum absolute atomic E-state index is 0.283. The van der Waals surface area contributed by atoms with E-state index in [9.17, 15) is 4.79 Å². The van der Waals surface area contributed by atoms with Gasteiger partial charge in [0, 0.05) is 5.57 Å². The number of carbonyl (C=O) groups is 1. The van der Waals surface area contributed by atoms with Crippen LogP contribution < -0.4 is 4.74 Å². The van der Waals surface area contributed by atoms with Gasteiger partial charge < -0.3 is 9.47 Å². The molecule has 0 saturated carbocycles. The SMILES string of the molecule is C=C(C)C(=O)OCCCCCCCCCCCOc1ccc(-c2ccc(C#N)cc2)cc1. The van der Waals surface area contributed by atoms with E-state index in [1.54, 1.807) is 6.92 Å². The van der Waals surface area contributed by atoms with Gasteiger partial charge in [0.2, 0.25) is 0 Å². The summed E-state index contributed by atoms with van der Waals surface area (Å²) in [7, 11) is 0. The summed E-state index contributed by atoms with van der Waals surface area (Å²) >= 11 is 0. The highest BCUT2D eigenvalue weighted by atomic mass is 16.5. The van der Waals surface area contributed by atoms with Crippen LogP contribution in [0.3, 0.4) is 0 Å². The summed E-state index contributed by atoms with van der Waals surface area (Å²) in [6, 6.07) is 17.9. The zero-order valence-electron chi connectivity index (χ0n) is 19.3. The number of ether oxygens (including phenoxy) is 2. The van der Waals surface area contributed by atoms with Gasteiger partial charge in [0.05, 0.1) is 24.8 Å². The zero-order chi connectivity index (χ0) is 23.0. The third kappa shape index (κ3) is 9.83. The fraction of sp³-hybridized carbons (Fsp3) is 0.429. The third-order valence-corrected chi connectivity index (χ3v) is 5.34. The normalized spacial score (nSPS) is 10.4. The molecular formula is C28H35NO3. The Morgan fingerprint density at radius 1 is 0.781 bits per heavy atom. The molecule has 0 aliphatic rings. The lowest BCUT2D eigenvalue weighted by atomic mass is 10.0. The molecular weight excluding hydrogens is 398 g/mol. The molecule has 0 atom stereocenters. The predicted octanol–water partition coefficient (Wildman–Crippen LogP) is 7.23. The second-order valence-electron chi connectivity index (χ2n) is 8.16. The van der Waals surface area contributed by atoms with Gasteiger partial charge in [-0.15, -0.1) is 0 Å². The van der Waals surface area contributed by atoms with Crippen molar-refractivity contribution in [1.82, 2.24) is 0 Å². The van der Waals surface area contributed by atoms with Gasteiger partial charge in [0.25, 0.3) is 0 Å². The average Bonchev–Trinajstić information content (AvgIpc) is 2.82. The smallest absolute Gasteiger partial charge is 0.333 e. The number of hydrogen-bond acceptors (Lipinski definition) is 4. The molecule has 0 aliphatic carbocycles. The molecule has 0 aliphatic heterocycles. The van der Waals surface area contributed by atoms with E-state index in [1.165, 1.54) is 38.5 Å². The maximum absolute atomic E-state index is 11.3. The minimum atomic E-state index is -0.283. The van der Waals surface area contributed by atoms with E-state index in [0.717, 1.165) is 42.7 Å². The molecule has 0 aromatic heterocycles. The van der Waals surface area contributed by atoms with Gasteiger partial charge in [-0.3, -0.25) is 0 Å². The number of hydrogen-bond donors (Lipinski definition) is 0. The largest absolute Gasteiger partial charge is 0.494 e. The molecule has 0 N–H and O–H groups in total. The van der Waals surface area contributed by atoms with Gasteiger partial charge in [0.15, 0.2) is 0 Å². The van der Waals surface area contributed by atoms with Crippen molar-refractivity contribution in [2.45, 2.75) is 64.7 Å². The first kappa shape index (κ1) is 25.2. The van der Waals surface area contributed by atoms with Crippen LogP contribution in [-0.4, -0.2) is 19.2 Å². The monoisotopic (exact) mass is 433 g/mol. The van der Waals surface area contributed by atoms with Crippen LogP contribution in [0.2, 0.25) is 0 Å². The van der Waals surface area contributed by atoms with Crippen molar-refractivity contribution >= 4 is 5.97 Å². The highest BCUT2D eigenvalue weighted by Gasteiger charge is 2.02. The molecule has 0 heterocycles. The van der Waals surface area contributed by atoms with Crippen LogP contribution in [0.15, 0.2) is 60.7 Å². The Labute approximate surface area is 192 Å². The van der Waals surface area contributed by atoms with Gasteiger partial charge in [-0.1, -0.05) is 75.8 Å². The molecule has 0 spiro atoms. The molecule has 2 aromatic carbocycles. The Morgan fingerprint density at radius 2 is 1.25 bits per heavy atom. The van der Waals surface area contributed by atoms with Crippen LogP contribution in [0.25, 0.3) is 11.1 Å². The van der Waals surface area contributed by atoms with E-state index in [4.69, 9.17) is 14.7 Å². The van der Waals surface area contributed by atoms with Gasteiger partial charge in [-0.05, 0) is 55.2 Å². The highest BCUT2D eigenvalue weighted by Crippen LogP contribution is 2.23. The minimum Gasteiger partial charge on any atom is -0.494 e. The first-order chi connectivity index (χ1) is 15.6. The summed E-state index contributed by atoms with van der Waals surface area (Å²) in [4.78, 5) is 11.3. The Bertz CT molecular complexity index is 863. The summed E-state index contributed by atoms with van der Waals surface area (Å²) in [5.74, 6) is 0.616. The Balaban J connectivity index is 1.45. The second kappa shape index (κ2) is 14.9. The van der Waals surface area contributed by atoms with E-state index in [-0.39, 0.29) is 5.97 Å². The molecule has 0 radical (unpaired) electrons. The second-order valence-corrected chi connectivity index (χ2v) is 8.16. The van der Waals surface area contributed by atoms with Crippen molar-refractivity contribution in [3.8, 4) is 22.9 Å². The molecule has 4 nitrogen and oxygen atoms in total. The quantitative estimate of drug-likeness (QED) is 0.169. The molecule has 2 aromatic rings. The van der Waals surface area contributed by atoms with Crippen LogP contribution in [0.4, 0.5) is 0 Å². The molecule has 0 fully saturated rings. The van der Waals surface area contributed by atoms with Crippen molar-refractivity contribution in [2.75, 3.05) is 13.2 Å². The van der Waals surface area contributed by atoms with Crippen LogP contribution in [0, 0.1) is 11.3 Å². The number of nitrogens with zero attached hydrogens (tertiary/aromatic N) is 1. The molecule has 2 rings (SSSR count). The number of nitriles is 1. The van der Waals surface area contributed by atoms with E-state index in [2.05, 4.69) is 24.8 Å². The third-order valence-electron chi connectivity index (χ3n) is 5.34. The van der Waals surface area contributed by atoms with Crippen molar-refractivity contribution in [1.29, 1.82) is 5.26 Å². The van der Waals surface area contributed by atoms with Gasteiger partial charge >= 0.3 is 5.97 Å². The maximum atomic E-state index is 11.3. The molecule has 170 valence electrons. The van der Waals surface area contributed by atoms with E-state index in [0.29, 0.717) is 17.7 Å². The van der Waals surface area contributed by atoms with Gasteiger partial charge in [-0.25, -0.2) is 4.79 Å². The lowest BCUT2D eigenvalue weighted by Crippen LogP contribution is -2.05. The van der Waals surface area contributed by atoms with Crippen LogP contribution >= 0.6 is 0 Å². The summed E-state index contributed by atoms with van der Waals surface area (Å²) in [5, 5.41) is 8.89. The lowest BCUT2D eigenvalue weighted by Gasteiger charge is -2.08. The first-order valence-electron chi connectivity index (χ1n) is 11.7. The Morgan fingerprint density at radius 3 is 1.75 bits per heavy atom. The number of rotatable bonds is 15. The summed E-state index contributed by atoms with van der Waals surface area (Å²) in [5.41, 5.74) is 3.36. The number of carbonyl (C=O) groups excluding carboxylic acids is 1. The topological polar surface area (TPSA) is 59.3 Å². The summed E-state index contributed by atoms with van der Waals surface area (Å²) in [6.45, 7) is 6.50. The van der Waals surface area contributed by atoms with Gasteiger partial charge in [-0.2, -0.15) is 5.26 Å². The fourth-order valence-corrected chi connectivity index (χ4v) is 3.40. The number of unbranched alkanes of at least 4 members (excludes halogenated alkanes) is 8. The van der Waals surface area contributed by atoms with Crippen molar-refractivity contribution in [3.05, 3.63) is 66.2 Å². The number of esters is 1. The first-order valence-corrected chi connectivity index (χ1v) is 11.7. The van der Waals surface area contributed by atoms with Crippen molar-refractivity contribution in [3.63, 3.8) is 0 Å². The van der Waals surface area contributed by atoms with E-state index >= 15 is 0 Å². The predicted molar refractivity (Wildman–Crippen MR) is 129 cm³/mol. The van der Waals surface area contributed by atoms with Crippen molar-refractivity contribution in [2.24, 2.45) is 0 Å². The molecule has 4 heteroatoms. The molecule has 0 amide bonds. The molecule has 32 heavy (non-hydrogen) atoms.